The van der Waals surface area contributed by atoms with Crippen molar-refractivity contribution in [2.45, 2.75) is 6.04 Å². The molecule has 1 amide bonds. The van der Waals surface area contributed by atoms with Gasteiger partial charge in [0.15, 0.2) is 0 Å². The molecule has 0 saturated carbocycles. The molecular formula is C11H17N3O. The molecule has 15 heavy (non-hydrogen) atoms. The largest absolute Gasteiger partial charge is 0.372 e. The smallest absolute Gasteiger partial charge is 0.236 e. The van der Waals surface area contributed by atoms with E-state index in [-0.39, 0.29) is 11.9 Å². The normalized spacial score (nSPS) is 12.1. The highest BCUT2D eigenvalue weighted by Gasteiger charge is 2.14. The molecule has 4 heteroatoms. The minimum atomic E-state index is -0.333. The van der Waals surface area contributed by atoms with Crippen molar-refractivity contribution < 1.29 is 4.79 Å². The van der Waals surface area contributed by atoms with Crippen molar-refractivity contribution in [3.63, 3.8) is 0 Å². The molecule has 0 aliphatic carbocycles. The summed E-state index contributed by atoms with van der Waals surface area (Å²) in [6.45, 7) is 0.565. The second-order valence-electron chi connectivity index (χ2n) is 3.46. The summed E-state index contributed by atoms with van der Waals surface area (Å²) in [5.74, 6) is -0.333. The maximum Gasteiger partial charge on any atom is 0.236 e. The van der Waals surface area contributed by atoms with Crippen LogP contribution < -0.4 is 16.0 Å². The molecule has 82 valence electrons. The maximum absolute atomic E-state index is 11.0. The minimum absolute atomic E-state index is 0.324. The predicted octanol–water partition coefficient (Wildman–Crippen LogP) is 0.196. The Kier molecular flexibility index (Phi) is 4.12. The Morgan fingerprint density at radius 1 is 1.47 bits per heavy atom. The topological polar surface area (TPSA) is 58.4 Å². The molecule has 0 aliphatic rings. The van der Waals surface area contributed by atoms with Crippen molar-refractivity contribution >= 4 is 11.6 Å². The van der Waals surface area contributed by atoms with Crippen LogP contribution in [0.5, 0.6) is 0 Å². The fourth-order valence-electron chi connectivity index (χ4n) is 1.39. The van der Waals surface area contributed by atoms with Gasteiger partial charge in [0.25, 0.3) is 0 Å². The van der Waals surface area contributed by atoms with Crippen LogP contribution in [0.3, 0.4) is 0 Å². The third kappa shape index (κ3) is 3.25. The Hall–Kier alpha value is -1.55. The van der Waals surface area contributed by atoms with Crippen LogP contribution >= 0.6 is 0 Å². The standard InChI is InChI=1S/C11H17N3O/c1-13-10(11(12)15)8-14(2)9-6-4-3-5-7-9/h3-7,10,13H,8H2,1-2H3,(H2,12,15). The SMILES string of the molecule is CNC(CN(C)c1ccccc1)C(N)=O. The van der Waals surface area contributed by atoms with Crippen molar-refractivity contribution in [3.05, 3.63) is 30.3 Å². The van der Waals surface area contributed by atoms with E-state index in [2.05, 4.69) is 5.32 Å². The van der Waals surface area contributed by atoms with Gasteiger partial charge in [-0.25, -0.2) is 0 Å². The number of hydrogen-bond donors (Lipinski definition) is 2. The molecular weight excluding hydrogens is 190 g/mol. The van der Waals surface area contributed by atoms with E-state index < -0.39 is 0 Å². The third-order valence-corrected chi connectivity index (χ3v) is 2.35. The second kappa shape index (κ2) is 5.36. The van der Waals surface area contributed by atoms with Gasteiger partial charge in [0.05, 0.1) is 0 Å². The molecule has 0 saturated heterocycles. The van der Waals surface area contributed by atoms with Gasteiger partial charge in [0.1, 0.15) is 6.04 Å². The molecule has 1 aromatic carbocycles. The van der Waals surface area contributed by atoms with Crippen LogP contribution in [0, 0.1) is 0 Å². The molecule has 0 bridgehead atoms. The number of benzene rings is 1. The van der Waals surface area contributed by atoms with Gasteiger partial charge in [-0.1, -0.05) is 18.2 Å². The van der Waals surface area contributed by atoms with Crippen molar-refractivity contribution in [2.75, 3.05) is 25.5 Å². The zero-order chi connectivity index (χ0) is 11.3. The molecule has 1 unspecified atom stereocenters. The van der Waals surface area contributed by atoms with E-state index in [0.29, 0.717) is 6.54 Å². The summed E-state index contributed by atoms with van der Waals surface area (Å²) in [6.07, 6.45) is 0. The molecule has 0 heterocycles. The Bertz CT molecular complexity index is 313. The van der Waals surface area contributed by atoms with E-state index in [1.54, 1.807) is 7.05 Å². The molecule has 1 atom stereocenters. The number of hydrogen-bond acceptors (Lipinski definition) is 3. The Labute approximate surface area is 90.1 Å². The van der Waals surface area contributed by atoms with Gasteiger partial charge >= 0.3 is 0 Å². The highest BCUT2D eigenvalue weighted by atomic mass is 16.1. The molecule has 0 aliphatic heterocycles. The van der Waals surface area contributed by atoms with Crippen molar-refractivity contribution in [1.82, 2.24) is 5.32 Å². The van der Waals surface area contributed by atoms with E-state index in [4.69, 9.17) is 5.73 Å². The average Bonchev–Trinajstić information content (AvgIpc) is 2.26. The van der Waals surface area contributed by atoms with E-state index in [9.17, 15) is 4.79 Å². The number of likely N-dealkylation sites (N-methyl/N-ethyl adjacent to an activating group) is 2. The molecule has 0 radical (unpaired) electrons. The highest BCUT2D eigenvalue weighted by molar-refractivity contribution is 5.80. The molecule has 0 fully saturated rings. The molecule has 1 rings (SSSR count). The van der Waals surface area contributed by atoms with Gasteiger partial charge in [-0.15, -0.1) is 0 Å². The maximum atomic E-state index is 11.0. The summed E-state index contributed by atoms with van der Waals surface area (Å²) < 4.78 is 0. The van der Waals surface area contributed by atoms with Crippen molar-refractivity contribution in [2.24, 2.45) is 5.73 Å². The number of anilines is 1. The van der Waals surface area contributed by atoms with Crippen molar-refractivity contribution in [1.29, 1.82) is 0 Å². The van der Waals surface area contributed by atoms with E-state index in [0.717, 1.165) is 5.69 Å². The lowest BCUT2D eigenvalue weighted by atomic mass is 10.2. The number of carbonyl (C=O) groups excluding carboxylic acids is 1. The highest BCUT2D eigenvalue weighted by Crippen LogP contribution is 2.10. The van der Waals surface area contributed by atoms with Crippen LogP contribution in [0.1, 0.15) is 0 Å². The van der Waals surface area contributed by atoms with Crippen LogP contribution in [0.4, 0.5) is 5.69 Å². The van der Waals surface area contributed by atoms with Gasteiger partial charge in [0.2, 0.25) is 5.91 Å². The number of nitrogens with two attached hydrogens (primary N) is 1. The van der Waals surface area contributed by atoms with Gasteiger partial charge < -0.3 is 16.0 Å². The lowest BCUT2D eigenvalue weighted by Crippen LogP contribution is -2.46. The lowest BCUT2D eigenvalue weighted by Gasteiger charge is -2.23. The summed E-state index contributed by atoms with van der Waals surface area (Å²) in [5.41, 5.74) is 6.31. The zero-order valence-corrected chi connectivity index (χ0v) is 9.10. The fourth-order valence-corrected chi connectivity index (χ4v) is 1.39. The number of nitrogens with zero attached hydrogens (tertiary/aromatic N) is 1. The number of carbonyl (C=O) groups is 1. The summed E-state index contributed by atoms with van der Waals surface area (Å²) in [7, 11) is 3.66. The van der Waals surface area contributed by atoms with Crippen LogP contribution in [0.15, 0.2) is 30.3 Å². The minimum Gasteiger partial charge on any atom is -0.372 e. The molecule has 1 aromatic rings. The van der Waals surface area contributed by atoms with E-state index in [1.165, 1.54) is 0 Å². The predicted molar refractivity (Wildman–Crippen MR) is 61.8 cm³/mol. The van der Waals surface area contributed by atoms with Crippen LogP contribution in [0.2, 0.25) is 0 Å². The van der Waals surface area contributed by atoms with Crippen LogP contribution in [0.25, 0.3) is 0 Å². The quantitative estimate of drug-likeness (QED) is 0.725. The first kappa shape index (κ1) is 11.5. The molecule has 3 N–H and O–H groups in total. The fraction of sp³-hybridized carbons (Fsp3) is 0.364. The molecule has 4 nitrogen and oxygen atoms in total. The number of rotatable bonds is 5. The third-order valence-electron chi connectivity index (χ3n) is 2.35. The first-order valence-electron chi connectivity index (χ1n) is 4.88. The number of primary amides is 1. The van der Waals surface area contributed by atoms with Gasteiger partial charge in [-0.3, -0.25) is 4.79 Å². The average molecular weight is 207 g/mol. The summed E-state index contributed by atoms with van der Waals surface area (Å²) in [6, 6.07) is 9.55. The van der Waals surface area contributed by atoms with Crippen molar-refractivity contribution in [3.8, 4) is 0 Å². The summed E-state index contributed by atoms with van der Waals surface area (Å²) >= 11 is 0. The number of nitrogens with one attached hydrogen (secondary N) is 1. The Balaban J connectivity index is 2.62. The second-order valence-corrected chi connectivity index (χ2v) is 3.46. The first-order valence-corrected chi connectivity index (χ1v) is 4.88. The van der Waals surface area contributed by atoms with Crippen LogP contribution in [-0.4, -0.2) is 32.6 Å². The molecule has 0 aromatic heterocycles. The summed E-state index contributed by atoms with van der Waals surface area (Å²) in [4.78, 5) is 13.0. The Morgan fingerprint density at radius 2 is 2.07 bits per heavy atom. The molecule has 0 spiro atoms. The van der Waals surface area contributed by atoms with E-state index >= 15 is 0 Å². The Morgan fingerprint density at radius 3 is 2.53 bits per heavy atom. The zero-order valence-electron chi connectivity index (χ0n) is 9.10. The van der Waals surface area contributed by atoms with Gasteiger partial charge in [-0.05, 0) is 19.2 Å². The number of amides is 1. The van der Waals surface area contributed by atoms with Gasteiger partial charge in [0, 0.05) is 19.3 Å². The van der Waals surface area contributed by atoms with Crippen LogP contribution in [-0.2, 0) is 4.79 Å². The van der Waals surface area contributed by atoms with E-state index in [1.807, 2.05) is 42.3 Å². The summed E-state index contributed by atoms with van der Waals surface area (Å²) in [5, 5.41) is 2.89. The van der Waals surface area contributed by atoms with Gasteiger partial charge in [-0.2, -0.15) is 0 Å². The monoisotopic (exact) mass is 207 g/mol. The first-order chi connectivity index (χ1) is 7.15. The lowest BCUT2D eigenvalue weighted by molar-refractivity contribution is -0.119. The number of para-hydroxylation sites is 1.